The van der Waals surface area contributed by atoms with Crippen molar-refractivity contribution in [2.24, 2.45) is 0 Å². The molecule has 0 saturated carbocycles. The van der Waals surface area contributed by atoms with Gasteiger partial charge in [0, 0.05) is 56.4 Å². The van der Waals surface area contributed by atoms with E-state index in [9.17, 15) is 0 Å². The zero-order chi connectivity index (χ0) is 19.3. The van der Waals surface area contributed by atoms with E-state index in [2.05, 4.69) is 68.2 Å². The molecule has 2 rings (SSSR count). The lowest BCUT2D eigenvalue weighted by Gasteiger charge is -2.35. The summed E-state index contributed by atoms with van der Waals surface area (Å²) in [6, 6.07) is 3.54. The second-order valence-electron chi connectivity index (χ2n) is 9.51. The first kappa shape index (κ1) is 22.1. The number of hydrogen-bond donors (Lipinski definition) is 0. The normalized spacial score (nSPS) is 29.9. The van der Waals surface area contributed by atoms with E-state index in [1.165, 1.54) is 65.0 Å². The van der Waals surface area contributed by atoms with Crippen molar-refractivity contribution >= 4 is 0 Å². The topological polar surface area (TPSA) is 13.0 Å². The van der Waals surface area contributed by atoms with Crippen LogP contribution in [0.5, 0.6) is 0 Å². The van der Waals surface area contributed by atoms with Crippen molar-refractivity contribution in [3.8, 4) is 0 Å². The molecule has 4 nitrogen and oxygen atoms in total. The molecule has 0 radical (unpaired) electrons. The second-order valence-corrected chi connectivity index (χ2v) is 9.51. The average Bonchev–Trinajstić information content (AvgIpc) is 2.88. The maximum absolute atomic E-state index is 2.77. The van der Waals surface area contributed by atoms with Crippen LogP contribution in [-0.2, 0) is 0 Å². The first-order valence-electron chi connectivity index (χ1n) is 11.2. The molecule has 3 atom stereocenters. The van der Waals surface area contributed by atoms with Crippen molar-refractivity contribution in [1.29, 1.82) is 0 Å². The summed E-state index contributed by atoms with van der Waals surface area (Å²) in [5.74, 6) is 0. The molecule has 0 aromatic carbocycles. The summed E-state index contributed by atoms with van der Waals surface area (Å²) in [6.45, 7) is 21.8. The predicted octanol–water partition coefficient (Wildman–Crippen LogP) is 3.37. The molecular formula is C22H46N4. The maximum Gasteiger partial charge on any atom is 0.0115 e. The molecule has 0 amide bonds. The Bertz CT molecular complexity index is 398. The molecule has 0 spiro atoms. The van der Waals surface area contributed by atoms with Crippen LogP contribution in [0.1, 0.15) is 67.2 Å². The van der Waals surface area contributed by atoms with Crippen molar-refractivity contribution in [3.63, 3.8) is 0 Å². The van der Waals surface area contributed by atoms with Gasteiger partial charge in [-0.15, -0.1) is 0 Å². The zero-order valence-corrected chi connectivity index (χ0v) is 18.7. The Kier molecular flexibility index (Phi) is 8.85. The third-order valence-electron chi connectivity index (χ3n) is 6.97. The number of likely N-dealkylation sites (N-methyl/N-ethyl adjacent to an activating group) is 1. The summed E-state index contributed by atoms with van der Waals surface area (Å²) >= 11 is 0. The van der Waals surface area contributed by atoms with E-state index in [1.807, 2.05) is 0 Å². The monoisotopic (exact) mass is 366 g/mol. The lowest BCUT2D eigenvalue weighted by atomic mass is 10.0. The molecule has 26 heavy (non-hydrogen) atoms. The Morgan fingerprint density at radius 1 is 0.769 bits per heavy atom. The van der Waals surface area contributed by atoms with Crippen LogP contribution in [-0.4, -0.2) is 96.1 Å². The van der Waals surface area contributed by atoms with Gasteiger partial charge in [-0.3, -0.25) is 14.7 Å². The van der Waals surface area contributed by atoms with Crippen LogP contribution >= 0.6 is 0 Å². The van der Waals surface area contributed by atoms with E-state index < -0.39 is 0 Å². The largest absolute Gasteiger partial charge is 0.305 e. The van der Waals surface area contributed by atoms with Crippen molar-refractivity contribution in [3.05, 3.63) is 0 Å². The van der Waals surface area contributed by atoms with Crippen LogP contribution in [0, 0.1) is 0 Å². The highest BCUT2D eigenvalue weighted by Gasteiger charge is 2.28. The van der Waals surface area contributed by atoms with Gasteiger partial charge in [-0.25, -0.2) is 0 Å². The SMILES string of the molecule is CC(CC[C@H]1CCN(C)CCN1C(C)C)N1CC[C@H](C)N(C(C)C)CC1. The molecule has 2 heterocycles. The molecule has 0 aromatic heterocycles. The summed E-state index contributed by atoms with van der Waals surface area (Å²) in [7, 11) is 2.28. The Labute approximate surface area is 163 Å². The minimum absolute atomic E-state index is 0.667. The maximum atomic E-state index is 2.77. The van der Waals surface area contributed by atoms with Gasteiger partial charge in [0.1, 0.15) is 0 Å². The molecular weight excluding hydrogens is 320 g/mol. The highest BCUT2D eigenvalue weighted by molar-refractivity contribution is 4.84. The first-order chi connectivity index (χ1) is 12.3. The minimum Gasteiger partial charge on any atom is -0.305 e. The van der Waals surface area contributed by atoms with Crippen molar-refractivity contribution in [2.75, 3.05) is 46.3 Å². The van der Waals surface area contributed by atoms with Crippen LogP contribution in [0.15, 0.2) is 0 Å². The summed E-state index contributed by atoms with van der Waals surface area (Å²) in [5, 5.41) is 0. The molecule has 0 N–H and O–H groups in total. The van der Waals surface area contributed by atoms with Gasteiger partial charge in [-0.2, -0.15) is 0 Å². The Balaban J connectivity index is 1.87. The summed E-state index contributed by atoms with van der Waals surface area (Å²) < 4.78 is 0. The van der Waals surface area contributed by atoms with Gasteiger partial charge in [-0.05, 0) is 87.4 Å². The van der Waals surface area contributed by atoms with Crippen LogP contribution in [0.2, 0.25) is 0 Å². The molecule has 2 fully saturated rings. The van der Waals surface area contributed by atoms with Gasteiger partial charge >= 0.3 is 0 Å². The van der Waals surface area contributed by atoms with E-state index in [0.29, 0.717) is 18.1 Å². The molecule has 2 saturated heterocycles. The van der Waals surface area contributed by atoms with Crippen LogP contribution in [0.3, 0.4) is 0 Å². The van der Waals surface area contributed by atoms with E-state index in [1.54, 1.807) is 0 Å². The molecule has 0 aliphatic carbocycles. The highest BCUT2D eigenvalue weighted by atomic mass is 15.3. The van der Waals surface area contributed by atoms with E-state index >= 15 is 0 Å². The Hall–Kier alpha value is -0.160. The average molecular weight is 367 g/mol. The van der Waals surface area contributed by atoms with Gasteiger partial charge in [-0.1, -0.05) is 0 Å². The molecule has 154 valence electrons. The van der Waals surface area contributed by atoms with Crippen molar-refractivity contribution in [2.45, 2.75) is 97.4 Å². The fourth-order valence-electron chi connectivity index (χ4n) is 5.02. The molecule has 1 unspecified atom stereocenters. The van der Waals surface area contributed by atoms with Gasteiger partial charge in [0.15, 0.2) is 0 Å². The smallest absolute Gasteiger partial charge is 0.0115 e. The minimum atomic E-state index is 0.667. The third kappa shape index (κ3) is 6.19. The standard InChI is InChI=1S/C22H46N4/c1-18(2)25-17-15-24(13-10-21(25)6)20(5)8-9-22-11-12-23(7)14-16-26(22)19(3)4/h18-22H,8-17H2,1-7H3/t20?,21-,22-/m0/s1. The summed E-state index contributed by atoms with van der Waals surface area (Å²) in [5.41, 5.74) is 0. The number of hydrogen-bond acceptors (Lipinski definition) is 4. The highest BCUT2D eigenvalue weighted by Crippen LogP contribution is 2.22. The van der Waals surface area contributed by atoms with Crippen LogP contribution in [0.4, 0.5) is 0 Å². The first-order valence-corrected chi connectivity index (χ1v) is 11.2. The predicted molar refractivity (Wildman–Crippen MR) is 114 cm³/mol. The fourth-order valence-corrected chi connectivity index (χ4v) is 5.02. The summed E-state index contributed by atoms with van der Waals surface area (Å²) in [4.78, 5) is 10.7. The lowest BCUT2D eigenvalue weighted by molar-refractivity contribution is 0.132. The molecule has 2 aliphatic heterocycles. The zero-order valence-electron chi connectivity index (χ0n) is 18.7. The van der Waals surface area contributed by atoms with Gasteiger partial charge in [0.25, 0.3) is 0 Å². The number of rotatable bonds is 6. The molecule has 4 heteroatoms. The van der Waals surface area contributed by atoms with E-state index in [0.717, 1.165) is 12.1 Å². The quantitative estimate of drug-likeness (QED) is 0.714. The molecule has 2 aliphatic rings. The number of nitrogens with zero attached hydrogens (tertiary/aromatic N) is 4. The van der Waals surface area contributed by atoms with Gasteiger partial charge < -0.3 is 4.90 Å². The summed E-state index contributed by atoms with van der Waals surface area (Å²) in [6.07, 6.45) is 5.34. The van der Waals surface area contributed by atoms with Crippen molar-refractivity contribution < 1.29 is 0 Å². The Morgan fingerprint density at radius 3 is 2.08 bits per heavy atom. The van der Waals surface area contributed by atoms with Gasteiger partial charge in [0.05, 0.1) is 0 Å². The van der Waals surface area contributed by atoms with Crippen LogP contribution < -0.4 is 0 Å². The van der Waals surface area contributed by atoms with Crippen LogP contribution in [0.25, 0.3) is 0 Å². The second kappa shape index (κ2) is 10.4. The van der Waals surface area contributed by atoms with Crippen molar-refractivity contribution in [1.82, 2.24) is 19.6 Å². The third-order valence-corrected chi connectivity index (χ3v) is 6.97. The Morgan fingerprint density at radius 2 is 1.42 bits per heavy atom. The molecule has 0 bridgehead atoms. The molecule has 0 aromatic rings. The van der Waals surface area contributed by atoms with E-state index in [-0.39, 0.29) is 0 Å². The lowest BCUT2D eigenvalue weighted by Crippen LogP contribution is -2.43. The van der Waals surface area contributed by atoms with Gasteiger partial charge in [0.2, 0.25) is 0 Å². The van der Waals surface area contributed by atoms with E-state index in [4.69, 9.17) is 0 Å². The fraction of sp³-hybridized carbons (Fsp3) is 1.00.